The molecule has 1 aromatic rings. The first kappa shape index (κ1) is 12.5. The minimum absolute atomic E-state index is 0.464. The van der Waals surface area contributed by atoms with Crippen LogP contribution in [-0.4, -0.2) is 25.8 Å². The molecular formula is C10H14BrNO2S2. The number of halogens is 1. The van der Waals surface area contributed by atoms with Crippen molar-refractivity contribution in [3.63, 3.8) is 0 Å². The zero-order valence-corrected chi connectivity index (χ0v) is 12.3. The summed E-state index contributed by atoms with van der Waals surface area (Å²) in [4.78, 5) is 1.32. The van der Waals surface area contributed by atoms with Crippen LogP contribution in [0.3, 0.4) is 0 Å². The van der Waals surface area contributed by atoms with E-state index in [4.69, 9.17) is 0 Å². The molecule has 0 amide bonds. The lowest BCUT2D eigenvalue weighted by Crippen LogP contribution is -2.35. The molecule has 0 radical (unpaired) electrons. The van der Waals surface area contributed by atoms with E-state index in [0.717, 1.165) is 27.9 Å². The van der Waals surface area contributed by atoms with Gasteiger partial charge in [-0.25, -0.2) is 8.42 Å². The average Bonchev–Trinajstić information content (AvgIpc) is 2.60. The van der Waals surface area contributed by atoms with Crippen LogP contribution in [0.2, 0.25) is 0 Å². The Bertz CT molecular complexity index is 475. The smallest absolute Gasteiger partial charge is 0.207 e. The maximum absolute atomic E-state index is 12.3. The first-order valence-corrected chi connectivity index (χ1v) is 8.33. The lowest BCUT2D eigenvalue weighted by Gasteiger charge is -2.25. The molecule has 16 heavy (non-hydrogen) atoms. The maximum atomic E-state index is 12.3. The Morgan fingerprint density at radius 3 is 2.44 bits per heavy atom. The summed E-state index contributed by atoms with van der Waals surface area (Å²) < 4.78 is 27.2. The van der Waals surface area contributed by atoms with Gasteiger partial charge in [-0.2, -0.15) is 4.31 Å². The highest BCUT2D eigenvalue weighted by atomic mass is 79.9. The molecule has 6 heteroatoms. The second-order valence-electron chi connectivity index (χ2n) is 3.94. The number of hydrogen-bond acceptors (Lipinski definition) is 3. The quantitative estimate of drug-likeness (QED) is 0.839. The van der Waals surface area contributed by atoms with Gasteiger partial charge in [0.1, 0.15) is 0 Å². The summed E-state index contributed by atoms with van der Waals surface area (Å²) in [5.41, 5.74) is 0. The fraction of sp³-hybridized carbons (Fsp3) is 0.600. The van der Waals surface area contributed by atoms with Crippen LogP contribution in [0.4, 0.5) is 0 Å². The average molecular weight is 324 g/mol. The Hall–Kier alpha value is 0.0900. The van der Waals surface area contributed by atoms with Gasteiger partial charge in [0.2, 0.25) is 10.0 Å². The molecule has 0 aliphatic carbocycles. The Kier molecular flexibility index (Phi) is 3.73. The van der Waals surface area contributed by atoms with Crippen molar-refractivity contribution in [1.82, 2.24) is 4.31 Å². The second kappa shape index (κ2) is 4.76. The van der Waals surface area contributed by atoms with E-state index in [2.05, 4.69) is 15.9 Å². The zero-order chi connectivity index (χ0) is 11.8. The predicted molar refractivity (Wildman–Crippen MR) is 69.4 cm³/mol. The zero-order valence-electron chi connectivity index (χ0n) is 9.07. The van der Waals surface area contributed by atoms with Gasteiger partial charge in [-0.15, -0.1) is 11.3 Å². The second-order valence-corrected chi connectivity index (χ2v) is 8.48. The van der Waals surface area contributed by atoms with Crippen LogP contribution in [0, 0.1) is 6.92 Å². The molecule has 1 aromatic heterocycles. The molecule has 0 atom stereocenters. The van der Waals surface area contributed by atoms with Crippen LogP contribution in [0.15, 0.2) is 14.7 Å². The molecule has 0 saturated carbocycles. The summed E-state index contributed by atoms with van der Waals surface area (Å²) in [5, 5.41) is 0. The van der Waals surface area contributed by atoms with Gasteiger partial charge in [-0.3, -0.25) is 0 Å². The maximum Gasteiger partial charge on any atom is 0.244 e. The number of aryl methyl sites for hydroxylation is 1. The number of sulfonamides is 1. The lowest BCUT2D eigenvalue weighted by molar-refractivity contribution is 0.346. The van der Waals surface area contributed by atoms with Gasteiger partial charge in [-0.1, -0.05) is 6.42 Å². The van der Waals surface area contributed by atoms with Crippen molar-refractivity contribution in [1.29, 1.82) is 0 Å². The third-order valence-corrected chi connectivity index (χ3v) is 6.48. The molecule has 2 rings (SSSR count). The number of piperidine rings is 1. The van der Waals surface area contributed by atoms with Crippen molar-refractivity contribution >= 4 is 37.3 Å². The van der Waals surface area contributed by atoms with Gasteiger partial charge < -0.3 is 0 Å². The fourth-order valence-electron chi connectivity index (χ4n) is 1.93. The van der Waals surface area contributed by atoms with Gasteiger partial charge in [0, 0.05) is 18.0 Å². The Labute approximate surface area is 109 Å². The Morgan fingerprint density at radius 1 is 1.31 bits per heavy atom. The summed E-state index contributed by atoms with van der Waals surface area (Å²) in [5.74, 6) is 0. The minimum Gasteiger partial charge on any atom is -0.207 e. The van der Waals surface area contributed by atoms with E-state index >= 15 is 0 Å². The molecule has 1 fully saturated rings. The summed E-state index contributed by atoms with van der Waals surface area (Å²) >= 11 is 4.81. The Morgan fingerprint density at radius 2 is 1.94 bits per heavy atom. The summed E-state index contributed by atoms with van der Waals surface area (Å²) in [6, 6.07) is 1.71. The number of thiophene rings is 1. The van der Waals surface area contributed by atoms with E-state index in [1.165, 1.54) is 11.3 Å². The number of nitrogens with zero attached hydrogens (tertiary/aromatic N) is 1. The largest absolute Gasteiger partial charge is 0.244 e. The molecule has 3 nitrogen and oxygen atoms in total. The third-order valence-electron chi connectivity index (χ3n) is 2.78. The summed E-state index contributed by atoms with van der Waals surface area (Å²) in [6.07, 6.45) is 3.09. The highest BCUT2D eigenvalue weighted by molar-refractivity contribution is 9.11. The van der Waals surface area contributed by atoms with Crippen molar-refractivity contribution in [3.05, 3.63) is 14.7 Å². The summed E-state index contributed by atoms with van der Waals surface area (Å²) in [7, 11) is -3.26. The monoisotopic (exact) mass is 323 g/mol. The molecule has 2 heterocycles. The van der Waals surface area contributed by atoms with E-state index in [1.54, 1.807) is 10.4 Å². The van der Waals surface area contributed by atoms with Crippen LogP contribution >= 0.6 is 27.3 Å². The highest BCUT2D eigenvalue weighted by Gasteiger charge is 2.28. The lowest BCUT2D eigenvalue weighted by atomic mass is 10.2. The van der Waals surface area contributed by atoms with E-state index in [9.17, 15) is 8.42 Å². The molecule has 0 N–H and O–H groups in total. The van der Waals surface area contributed by atoms with Crippen LogP contribution in [0.1, 0.15) is 24.1 Å². The van der Waals surface area contributed by atoms with Crippen molar-refractivity contribution in [2.45, 2.75) is 31.1 Å². The fourth-order valence-corrected chi connectivity index (χ4v) is 5.83. The first-order valence-electron chi connectivity index (χ1n) is 5.28. The van der Waals surface area contributed by atoms with Crippen molar-refractivity contribution in [3.8, 4) is 0 Å². The van der Waals surface area contributed by atoms with E-state index in [-0.39, 0.29) is 0 Å². The summed E-state index contributed by atoms with van der Waals surface area (Å²) in [6.45, 7) is 3.18. The molecule has 0 bridgehead atoms. The van der Waals surface area contributed by atoms with Crippen molar-refractivity contribution in [2.75, 3.05) is 13.1 Å². The topological polar surface area (TPSA) is 37.4 Å². The van der Waals surface area contributed by atoms with E-state index in [0.29, 0.717) is 18.0 Å². The number of hydrogen-bond donors (Lipinski definition) is 0. The number of rotatable bonds is 2. The molecule has 1 aliphatic heterocycles. The molecule has 0 spiro atoms. The van der Waals surface area contributed by atoms with E-state index < -0.39 is 10.0 Å². The van der Waals surface area contributed by atoms with Crippen LogP contribution < -0.4 is 0 Å². The van der Waals surface area contributed by atoms with Gasteiger partial charge in [0.15, 0.2) is 0 Å². The standard InChI is InChI=1S/C10H14BrNO2S2/c1-8-9(7-10(11)15-8)16(13,14)12-5-3-2-4-6-12/h7H,2-6H2,1H3. The molecular weight excluding hydrogens is 310 g/mol. The van der Waals surface area contributed by atoms with Gasteiger partial charge in [0.25, 0.3) is 0 Å². The Balaban J connectivity index is 2.34. The molecule has 90 valence electrons. The third kappa shape index (κ3) is 2.34. The molecule has 0 aromatic carbocycles. The van der Waals surface area contributed by atoms with Crippen LogP contribution in [-0.2, 0) is 10.0 Å². The minimum atomic E-state index is -3.26. The van der Waals surface area contributed by atoms with Crippen molar-refractivity contribution in [2.24, 2.45) is 0 Å². The predicted octanol–water partition coefficient (Wildman–Crippen LogP) is 2.99. The van der Waals surface area contributed by atoms with E-state index in [1.807, 2.05) is 6.92 Å². The highest BCUT2D eigenvalue weighted by Crippen LogP contribution is 2.32. The normalized spacial score (nSPS) is 18.9. The van der Waals surface area contributed by atoms with Crippen LogP contribution in [0.5, 0.6) is 0 Å². The van der Waals surface area contributed by atoms with Gasteiger partial charge >= 0.3 is 0 Å². The van der Waals surface area contributed by atoms with Crippen LogP contribution in [0.25, 0.3) is 0 Å². The van der Waals surface area contributed by atoms with Crippen molar-refractivity contribution < 1.29 is 8.42 Å². The SMILES string of the molecule is Cc1sc(Br)cc1S(=O)(=O)N1CCCCC1. The first-order chi connectivity index (χ1) is 7.51. The molecule has 1 saturated heterocycles. The van der Waals surface area contributed by atoms with Gasteiger partial charge in [0.05, 0.1) is 8.68 Å². The van der Waals surface area contributed by atoms with Gasteiger partial charge in [-0.05, 0) is 41.8 Å². The molecule has 0 unspecified atom stereocenters. The molecule has 1 aliphatic rings.